The summed E-state index contributed by atoms with van der Waals surface area (Å²) in [6.45, 7) is 27.4. The number of halogens is 3. The average molecular weight is 819 g/mol. The van der Waals surface area contributed by atoms with Gasteiger partial charge in [-0.05, 0) is 0 Å². The van der Waals surface area contributed by atoms with Gasteiger partial charge in [0, 0.05) is 54.5 Å². The van der Waals surface area contributed by atoms with Crippen LogP contribution in [0.1, 0.15) is 96.9 Å². The minimum Gasteiger partial charge on any atom is -0.391 e. The second-order valence-electron chi connectivity index (χ2n) is 11.2. The Balaban J connectivity index is -0.000000143. The monoisotopic (exact) mass is 819 g/mol. The Morgan fingerprint density at radius 1 is 0.400 bits per heavy atom. The lowest BCUT2D eigenvalue weighted by molar-refractivity contribution is -0.209. The quantitative estimate of drug-likeness (QED) is 0.192. The molecule has 0 saturated heterocycles. The summed E-state index contributed by atoms with van der Waals surface area (Å²) in [4.78, 5) is 0. The van der Waals surface area contributed by atoms with Crippen molar-refractivity contribution in [1.29, 1.82) is 0 Å². The number of hydrogen-bond donors (Lipinski definition) is 8. The zero-order valence-corrected chi connectivity index (χ0v) is 38.0. The number of ether oxygens (including phenoxy) is 6. The van der Waals surface area contributed by atoms with E-state index in [2.05, 4.69) is 0 Å². The molecule has 55 heavy (non-hydrogen) atoms. The molecule has 0 radical (unpaired) electrons. The van der Waals surface area contributed by atoms with Gasteiger partial charge >= 0.3 is 0 Å². The van der Waals surface area contributed by atoms with E-state index in [9.17, 15) is 33.6 Å². The van der Waals surface area contributed by atoms with Gasteiger partial charge in [0.15, 0.2) is 0 Å². The van der Waals surface area contributed by atoms with E-state index >= 15 is 0 Å². The van der Waals surface area contributed by atoms with Crippen molar-refractivity contribution in [3.8, 4) is 0 Å². The number of rotatable bonds is 6. The van der Waals surface area contributed by atoms with Gasteiger partial charge < -0.3 is 71.8 Å². The Labute approximate surface area is 333 Å². The molecule has 0 aromatic heterocycles. The molecule has 3 saturated carbocycles. The summed E-state index contributed by atoms with van der Waals surface area (Å²) in [6.07, 6.45) is -9.29. The number of aliphatic hydroxyl groups excluding tert-OH is 4. The summed E-state index contributed by atoms with van der Waals surface area (Å²) >= 11 is 0. The van der Waals surface area contributed by atoms with Gasteiger partial charge in [-0.3, -0.25) is 0 Å². The molecule has 17 heteroatoms. The molecule has 3 rings (SSSR count). The molecular formula is C38H89F3N4O10. The van der Waals surface area contributed by atoms with Gasteiger partial charge in [-0.2, -0.15) is 0 Å². The van der Waals surface area contributed by atoms with E-state index in [1.54, 1.807) is 13.8 Å². The minimum atomic E-state index is -3.38. The zero-order valence-electron chi connectivity index (χ0n) is 38.0. The third-order valence-electron chi connectivity index (χ3n) is 8.86. The van der Waals surface area contributed by atoms with E-state index in [1.807, 2.05) is 83.1 Å². The number of alkyl halides is 3. The SMILES string of the molecule is CC.CC.CC.CC.CC.CC.CO[C@H]1[C@H](OC)C(O)[C@H](C)C(F)[C@@H]1N.CO[C@H]1[C@H](OC)C(O)[C@H](C)C(O)[C@@H]1N.CO[C@H]1[C@H](OC)C(O)[C@H](N)C(F)(F)[C@@H]1N. The van der Waals surface area contributed by atoms with Crippen LogP contribution >= 0.6 is 0 Å². The van der Waals surface area contributed by atoms with Gasteiger partial charge in [0.25, 0.3) is 5.92 Å². The molecule has 0 aromatic rings. The highest BCUT2D eigenvalue weighted by molar-refractivity contribution is 5.08. The number of hydrogen-bond acceptors (Lipinski definition) is 14. The lowest BCUT2D eigenvalue weighted by atomic mass is 9.78. The topological polar surface area (TPSA) is 240 Å². The molecule has 12 N–H and O–H groups in total. The Hall–Kier alpha value is -0.770. The van der Waals surface area contributed by atoms with Crippen LogP contribution in [0.3, 0.4) is 0 Å². The van der Waals surface area contributed by atoms with E-state index in [0.29, 0.717) is 0 Å². The molecule has 0 amide bonds. The molecule has 0 aliphatic heterocycles. The first kappa shape index (κ1) is 66.1. The largest absolute Gasteiger partial charge is 0.391 e. The number of aliphatic hydroxyl groups is 4. The van der Waals surface area contributed by atoms with Crippen molar-refractivity contribution < 1.29 is 62.0 Å². The molecule has 0 spiro atoms. The van der Waals surface area contributed by atoms with Gasteiger partial charge in [-0.15, -0.1) is 0 Å². The molecule has 14 nitrogen and oxygen atoms in total. The summed E-state index contributed by atoms with van der Waals surface area (Å²) in [5.41, 5.74) is 22.0. The minimum absolute atomic E-state index is 0.304. The molecular weight excluding hydrogens is 729 g/mol. The van der Waals surface area contributed by atoms with Crippen molar-refractivity contribution in [2.45, 2.75) is 194 Å². The van der Waals surface area contributed by atoms with Gasteiger partial charge in [-0.25, -0.2) is 13.2 Å². The molecule has 17 atom stereocenters. The molecule has 342 valence electrons. The highest BCUT2D eigenvalue weighted by Gasteiger charge is 2.59. The van der Waals surface area contributed by atoms with E-state index in [-0.39, 0.29) is 5.92 Å². The predicted octanol–water partition coefficient (Wildman–Crippen LogP) is 3.25. The van der Waals surface area contributed by atoms with Crippen LogP contribution in [0.25, 0.3) is 0 Å². The Kier molecular flexibility index (Phi) is 45.0. The summed E-state index contributed by atoms with van der Waals surface area (Å²) in [5, 5.41) is 38.8. The average Bonchev–Trinajstić information content (AvgIpc) is 3.24. The first-order valence-corrected chi connectivity index (χ1v) is 19.9. The Bertz CT molecular complexity index is 740. The van der Waals surface area contributed by atoms with Crippen LogP contribution in [0.5, 0.6) is 0 Å². The fraction of sp³-hybridized carbons (Fsp3) is 1.00. The van der Waals surface area contributed by atoms with E-state index in [0.717, 1.165) is 0 Å². The maximum atomic E-state index is 13.5. The molecule has 0 aromatic carbocycles. The van der Waals surface area contributed by atoms with Crippen LogP contribution in [0.4, 0.5) is 13.2 Å². The van der Waals surface area contributed by atoms with E-state index < -0.39 is 103 Å². The second-order valence-corrected chi connectivity index (χ2v) is 11.2. The van der Waals surface area contributed by atoms with Crippen molar-refractivity contribution in [1.82, 2.24) is 0 Å². The third kappa shape index (κ3) is 18.4. The maximum absolute atomic E-state index is 13.5. The smallest absolute Gasteiger partial charge is 0.282 e. The van der Waals surface area contributed by atoms with Gasteiger partial charge in [-0.1, -0.05) is 96.9 Å². The van der Waals surface area contributed by atoms with Gasteiger partial charge in [0.2, 0.25) is 0 Å². The van der Waals surface area contributed by atoms with E-state index in [4.69, 9.17) is 51.4 Å². The number of nitrogens with two attached hydrogens (primary N) is 4. The van der Waals surface area contributed by atoms with Crippen molar-refractivity contribution in [2.24, 2.45) is 34.8 Å². The Morgan fingerprint density at radius 3 is 0.982 bits per heavy atom. The van der Waals surface area contributed by atoms with Crippen LogP contribution in [0, 0.1) is 11.8 Å². The summed E-state index contributed by atoms with van der Waals surface area (Å²) in [6, 6.07) is -4.61. The second kappa shape index (κ2) is 37.5. The highest BCUT2D eigenvalue weighted by atomic mass is 19.3. The molecule has 3 aliphatic carbocycles. The standard InChI is InChI=1S/C9H18FNO3.C9H19NO4.C8H16F2N2O3.6C2H6/c1-4-5(10)6(11)8(13-2)9(14-3)7(4)12;1-4-6(11)5(10)8(13-2)9(14-3)7(4)12;1-14-4-3(13)6(11)8(9,10)7(12)5(4)15-2;6*1-2/h4-9,12H,11H2,1-3H3;4-9,11-12H,10H2,1-3H3;3-7,13H,11-12H2,1-2H3;6*1-2H3/t4-,5?,6+,7?,8-,9-;4-,5+,6?,7?,8-,9-;3?,4-,5+,6+,7-;;;;;;/m111....../s1. The van der Waals surface area contributed by atoms with Crippen molar-refractivity contribution in [3.63, 3.8) is 0 Å². The Morgan fingerprint density at radius 2 is 0.673 bits per heavy atom. The first-order valence-electron chi connectivity index (χ1n) is 19.9. The lowest BCUT2D eigenvalue weighted by Crippen LogP contribution is -2.73. The van der Waals surface area contributed by atoms with Crippen LogP contribution in [0.15, 0.2) is 0 Å². The van der Waals surface area contributed by atoms with Crippen LogP contribution < -0.4 is 22.9 Å². The highest BCUT2D eigenvalue weighted by Crippen LogP contribution is 2.35. The summed E-state index contributed by atoms with van der Waals surface area (Å²) in [7, 11) is 8.39. The van der Waals surface area contributed by atoms with Gasteiger partial charge in [0.1, 0.15) is 48.9 Å². The fourth-order valence-electron chi connectivity index (χ4n) is 5.85. The summed E-state index contributed by atoms with van der Waals surface area (Å²) < 4.78 is 70.5. The third-order valence-corrected chi connectivity index (χ3v) is 8.86. The van der Waals surface area contributed by atoms with Crippen molar-refractivity contribution >= 4 is 0 Å². The van der Waals surface area contributed by atoms with E-state index in [1.165, 1.54) is 42.7 Å². The molecule has 3 fully saturated rings. The summed E-state index contributed by atoms with van der Waals surface area (Å²) in [5.74, 6) is -4.21. The first-order chi connectivity index (χ1) is 26.0. The van der Waals surface area contributed by atoms with Crippen LogP contribution in [-0.4, -0.2) is 160 Å². The van der Waals surface area contributed by atoms with Gasteiger partial charge in [0.05, 0.1) is 42.5 Å². The lowest BCUT2D eigenvalue weighted by Gasteiger charge is -2.45. The van der Waals surface area contributed by atoms with Crippen LogP contribution in [0.2, 0.25) is 0 Å². The number of methoxy groups -OCH3 is 6. The molecule has 0 heterocycles. The normalized spacial score (nSPS) is 38.1. The molecule has 3 aliphatic rings. The predicted molar refractivity (Wildman–Crippen MR) is 217 cm³/mol. The van der Waals surface area contributed by atoms with Crippen molar-refractivity contribution in [3.05, 3.63) is 0 Å². The maximum Gasteiger partial charge on any atom is 0.282 e. The zero-order chi connectivity index (χ0) is 45.6. The van der Waals surface area contributed by atoms with Crippen molar-refractivity contribution in [2.75, 3.05) is 42.7 Å². The molecule has 0 bridgehead atoms. The fourth-order valence-corrected chi connectivity index (χ4v) is 5.85. The molecule has 5 unspecified atom stereocenters. The van der Waals surface area contributed by atoms with Crippen LogP contribution in [-0.2, 0) is 28.4 Å².